The van der Waals surface area contributed by atoms with Crippen molar-refractivity contribution in [2.75, 3.05) is 13.3 Å². The summed E-state index contributed by atoms with van der Waals surface area (Å²) in [6.45, 7) is 3.79. The van der Waals surface area contributed by atoms with E-state index >= 15 is 0 Å². The zero-order valence-electron chi connectivity index (χ0n) is 12.1. The van der Waals surface area contributed by atoms with Gasteiger partial charge in [-0.05, 0) is 20.9 Å². The van der Waals surface area contributed by atoms with E-state index in [1.54, 1.807) is 39.1 Å². The Morgan fingerprint density at radius 2 is 1.85 bits per heavy atom. The molecule has 0 aromatic heterocycles. The van der Waals surface area contributed by atoms with Crippen molar-refractivity contribution in [2.24, 2.45) is 0 Å². The monoisotopic (exact) mass is 300 g/mol. The molecule has 6 nitrogen and oxygen atoms in total. The molecule has 0 heterocycles. The number of hydrogen-bond donors (Lipinski definition) is 0. The second kappa shape index (κ2) is 6.32. The fourth-order valence-electron chi connectivity index (χ4n) is 1.95. The van der Waals surface area contributed by atoms with Crippen LogP contribution in [0.3, 0.4) is 0 Å². The number of hydrogen-bond acceptors (Lipinski definition) is 5. The number of benzene rings is 1. The van der Waals surface area contributed by atoms with Gasteiger partial charge >= 0.3 is 0 Å². The van der Waals surface area contributed by atoms with Crippen LogP contribution in [-0.4, -0.2) is 42.8 Å². The third kappa shape index (κ3) is 4.01. The van der Waals surface area contributed by atoms with E-state index in [1.807, 2.05) is 4.90 Å². The molecule has 0 aliphatic rings. The van der Waals surface area contributed by atoms with Crippen molar-refractivity contribution in [3.63, 3.8) is 0 Å². The van der Waals surface area contributed by atoms with Crippen LogP contribution in [0, 0.1) is 10.1 Å². The summed E-state index contributed by atoms with van der Waals surface area (Å²) in [6.07, 6.45) is 1.20. The largest absolute Gasteiger partial charge is 0.298 e. The van der Waals surface area contributed by atoms with Crippen LogP contribution in [0.4, 0.5) is 5.69 Å². The van der Waals surface area contributed by atoms with Gasteiger partial charge in [0.15, 0.2) is 9.84 Å². The molecule has 1 rings (SSSR count). The molecular formula is C13H20N2O4S. The number of para-hydroxylation sites is 1. The smallest absolute Gasteiger partial charge is 0.273 e. The van der Waals surface area contributed by atoms with Crippen molar-refractivity contribution in [1.29, 1.82) is 0 Å². The van der Waals surface area contributed by atoms with Crippen LogP contribution in [0.5, 0.6) is 0 Å². The zero-order chi connectivity index (χ0) is 15.5. The molecule has 0 bridgehead atoms. The molecule has 0 unspecified atom stereocenters. The lowest BCUT2D eigenvalue weighted by atomic mass is 10.1. The molecule has 20 heavy (non-hydrogen) atoms. The summed E-state index contributed by atoms with van der Waals surface area (Å²) < 4.78 is 23.1. The molecule has 0 N–H and O–H groups in total. The minimum Gasteiger partial charge on any atom is -0.298 e. The van der Waals surface area contributed by atoms with Gasteiger partial charge in [-0.1, -0.05) is 18.2 Å². The molecule has 0 aliphatic carbocycles. The Kier molecular flexibility index (Phi) is 5.24. The van der Waals surface area contributed by atoms with Crippen molar-refractivity contribution < 1.29 is 13.3 Å². The summed E-state index contributed by atoms with van der Waals surface area (Å²) in [6, 6.07) is 6.26. The van der Waals surface area contributed by atoms with Gasteiger partial charge in [-0.2, -0.15) is 0 Å². The quantitative estimate of drug-likeness (QED) is 0.591. The van der Waals surface area contributed by atoms with Crippen molar-refractivity contribution in [3.8, 4) is 0 Å². The van der Waals surface area contributed by atoms with E-state index in [2.05, 4.69) is 0 Å². The highest BCUT2D eigenvalue weighted by atomic mass is 32.2. The third-order valence-corrected chi connectivity index (χ3v) is 5.40. The molecule has 0 radical (unpaired) electrons. The molecular weight excluding hydrogens is 280 g/mol. The van der Waals surface area contributed by atoms with Crippen LogP contribution in [-0.2, 0) is 16.4 Å². The first-order chi connectivity index (χ1) is 9.14. The lowest BCUT2D eigenvalue weighted by Crippen LogP contribution is -2.40. The van der Waals surface area contributed by atoms with Gasteiger partial charge < -0.3 is 0 Å². The van der Waals surface area contributed by atoms with Gasteiger partial charge in [-0.25, -0.2) is 8.42 Å². The number of nitrogens with zero attached hydrogens (tertiary/aromatic N) is 2. The Morgan fingerprint density at radius 1 is 1.30 bits per heavy atom. The average Bonchev–Trinajstić information content (AvgIpc) is 2.36. The van der Waals surface area contributed by atoms with Crippen molar-refractivity contribution in [1.82, 2.24) is 4.90 Å². The molecule has 0 saturated carbocycles. The first kappa shape index (κ1) is 16.6. The van der Waals surface area contributed by atoms with E-state index in [9.17, 15) is 18.5 Å². The second-order valence-corrected chi connectivity index (χ2v) is 7.48. The standard InChI is InChI=1S/C13H20N2O4S/c1-10(11(2)20(4,18)19)14(3)9-12-7-5-6-8-13(12)15(16)17/h5-8,10-11H,9H2,1-4H3/t10-,11+/m1/s1. The van der Waals surface area contributed by atoms with E-state index in [-0.39, 0.29) is 11.7 Å². The molecule has 0 amide bonds. The molecule has 112 valence electrons. The Balaban J connectivity index is 2.91. The Hall–Kier alpha value is -1.47. The van der Waals surface area contributed by atoms with Crippen molar-refractivity contribution in [2.45, 2.75) is 31.7 Å². The molecule has 7 heteroatoms. The normalized spacial score (nSPS) is 15.1. The van der Waals surface area contributed by atoms with E-state index in [1.165, 1.54) is 12.3 Å². The lowest BCUT2D eigenvalue weighted by molar-refractivity contribution is -0.385. The summed E-state index contributed by atoms with van der Waals surface area (Å²) >= 11 is 0. The first-order valence-corrected chi connectivity index (χ1v) is 8.21. The van der Waals surface area contributed by atoms with Crippen molar-refractivity contribution in [3.05, 3.63) is 39.9 Å². The van der Waals surface area contributed by atoms with Gasteiger partial charge in [0, 0.05) is 30.5 Å². The number of nitro groups is 1. The number of rotatable bonds is 6. The maximum Gasteiger partial charge on any atom is 0.273 e. The fourth-order valence-corrected chi connectivity index (χ4v) is 2.87. The van der Waals surface area contributed by atoms with Gasteiger partial charge in [0.05, 0.1) is 10.2 Å². The molecule has 0 aliphatic heterocycles. The van der Waals surface area contributed by atoms with Gasteiger partial charge in [0.2, 0.25) is 0 Å². The predicted molar refractivity (Wildman–Crippen MR) is 78.3 cm³/mol. The molecule has 0 saturated heterocycles. The van der Waals surface area contributed by atoms with E-state index < -0.39 is 20.0 Å². The Labute approximate surface area is 119 Å². The fraction of sp³-hybridized carbons (Fsp3) is 0.538. The topological polar surface area (TPSA) is 80.5 Å². The van der Waals surface area contributed by atoms with Crippen LogP contribution in [0.2, 0.25) is 0 Å². The highest BCUT2D eigenvalue weighted by molar-refractivity contribution is 7.91. The minimum absolute atomic E-state index is 0.0542. The minimum atomic E-state index is -3.14. The van der Waals surface area contributed by atoms with Gasteiger partial charge in [-0.15, -0.1) is 0 Å². The van der Waals surface area contributed by atoms with Gasteiger partial charge in [-0.3, -0.25) is 15.0 Å². The summed E-state index contributed by atoms with van der Waals surface area (Å²) in [5.41, 5.74) is 0.631. The second-order valence-electron chi connectivity index (χ2n) is 5.08. The number of nitro benzene ring substituents is 1. The van der Waals surface area contributed by atoms with E-state index in [0.29, 0.717) is 12.1 Å². The van der Waals surface area contributed by atoms with Crippen LogP contribution in [0.15, 0.2) is 24.3 Å². The summed E-state index contributed by atoms with van der Waals surface area (Å²) in [5, 5.41) is 10.4. The lowest BCUT2D eigenvalue weighted by Gasteiger charge is -2.28. The Morgan fingerprint density at radius 3 is 2.35 bits per heavy atom. The highest BCUT2D eigenvalue weighted by Gasteiger charge is 2.26. The molecule has 1 aromatic carbocycles. The predicted octanol–water partition coefficient (Wildman–Crippen LogP) is 1.85. The number of sulfone groups is 1. The van der Waals surface area contributed by atoms with E-state index in [4.69, 9.17) is 0 Å². The summed E-state index contributed by atoms with van der Waals surface area (Å²) in [7, 11) is -1.37. The van der Waals surface area contributed by atoms with Crippen LogP contribution in [0.25, 0.3) is 0 Å². The SMILES string of the molecule is C[C@H]([C@H](C)S(C)(=O)=O)N(C)Cc1ccccc1[N+](=O)[O-]. The summed E-state index contributed by atoms with van der Waals surface area (Å²) in [4.78, 5) is 12.3. The highest BCUT2D eigenvalue weighted by Crippen LogP contribution is 2.21. The maximum absolute atomic E-state index is 11.6. The zero-order valence-corrected chi connectivity index (χ0v) is 12.9. The van der Waals surface area contributed by atoms with Crippen molar-refractivity contribution >= 4 is 15.5 Å². The molecule has 0 spiro atoms. The maximum atomic E-state index is 11.6. The van der Waals surface area contributed by atoms with Gasteiger partial charge in [0.1, 0.15) is 0 Å². The summed E-state index contributed by atoms with van der Waals surface area (Å²) in [5.74, 6) is 0. The van der Waals surface area contributed by atoms with Crippen LogP contribution in [0.1, 0.15) is 19.4 Å². The third-order valence-electron chi connectivity index (χ3n) is 3.66. The molecule has 0 fully saturated rings. The molecule has 1 aromatic rings. The van der Waals surface area contributed by atoms with Gasteiger partial charge in [0.25, 0.3) is 5.69 Å². The average molecular weight is 300 g/mol. The van der Waals surface area contributed by atoms with Crippen LogP contribution < -0.4 is 0 Å². The first-order valence-electron chi connectivity index (χ1n) is 6.26. The van der Waals surface area contributed by atoms with Crippen LogP contribution >= 0.6 is 0 Å². The van der Waals surface area contributed by atoms with E-state index in [0.717, 1.165) is 0 Å². The molecule has 2 atom stereocenters. The Bertz CT molecular complexity index is 586.